The second-order valence-corrected chi connectivity index (χ2v) is 7.03. The molecular formula is C21H20F2N2O5. The van der Waals surface area contributed by atoms with Gasteiger partial charge in [0.1, 0.15) is 11.9 Å². The molecule has 0 radical (unpaired) electrons. The van der Waals surface area contributed by atoms with Crippen LogP contribution in [0.15, 0.2) is 36.4 Å². The molecule has 158 valence electrons. The number of hydrogen-bond donors (Lipinski definition) is 2. The fraction of sp³-hybridized carbons (Fsp3) is 0.333. The van der Waals surface area contributed by atoms with Crippen LogP contribution in [0.1, 0.15) is 34.8 Å². The summed E-state index contributed by atoms with van der Waals surface area (Å²) in [4.78, 5) is 24.9. The van der Waals surface area contributed by atoms with Gasteiger partial charge in [0.25, 0.3) is 5.91 Å². The van der Waals surface area contributed by atoms with Gasteiger partial charge >= 0.3 is 6.09 Å². The highest BCUT2D eigenvalue weighted by Gasteiger charge is 2.29. The van der Waals surface area contributed by atoms with Crippen molar-refractivity contribution in [1.82, 2.24) is 5.32 Å². The number of halogens is 2. The van der Waals surface area contributed by atoms with Crippen molar-refractivity contribution in [2.24, 2.45) is 0 Å². The van der Waals surface area contributed by atoms with Gasteiger partial charge in [0.05, 0.1) is 31.4 Å². The number of anilines is 1. The fourth-order valence-corrected chi connectivity index (χ4v) is 3.46. The first-order chi connectivity index (χ1) is 14.5. The summed E-state index contributed by atoms with van der Waals surface area (Å²) in [5.41, 5.74) is 0.976. The van der Waals surface area contributed by atoms with Crippen molar-refractivity contribution in [2.45, 2.75) is 25.0 Å². The molecule has 0 aliphatic carbocycles. The Labute approximate surface area is 171 Å². The molecule has 0 spiro atoms. The zero-order chi connectivity index (χ0) is 21.1. The lowest BCUT2D eigenvalue weighted by molar-refractivity contribution is 0.0792. The predicted octanol–water partition coefficient (Wildman–Crippen LogP) is 3.56. The van der Waals surface area contributed by atoms with Crippen molar-refractivity contribution in [3.8, 4) is 5.75 Å². The van der Waals surface area contributed by atoms with Gasteiger partial charge < -0.3 is 24.8 Å². The molecule has 2 aromatic rings. The van der Waals surface area contributed by atoms with E-state index < -0.39 is 23.6 Å². The third-order valence-electron chi connectivity index (χ3n) is 4.95. The van der Waals surface area contributed by atoms with E-state index in [9.17, 15) is 18.4 Å². The number of hydrogen-bond acceptors (Lipinski definition) is 5. The van der Waals surface area contributed by atoms with Gasteiger partial charge in [-0.1, -0.05) is 12.1 Å². The number of alkyl carbamates (subject to hydrolysis) is 1. The molecule has 2 heterocycles. The molecule has 1 saturated heterocycles. The Hall–Kier alpha value is -3.20. The summed E-state index contributed by atoms with van der Waals surface area (Å²) in [6.07, 6.45) is 0.348. The molecule has 2 aromatic carbocycles. The highest BCUT2D eigenvalue weighted by Crippen LogP contribution is 2.35. The Balaban J connectivity index is 1.49. The van der Waals surface area contributed by atoms with Crippen LogP contribution in [0.5, 0.6) is 5.75 Å². The molecule has 2 unspecified atom stereocenters. The molecule has 9 heteroatoms. The van der Waals surface area contributed by atoms with E-state index in [0.717, 1.165) is 12.1 Å². The van der Waals surface area contributed by atoms with Crippen LogP contribution in [0, 0.1) is 11.6 Å². The van der Waals surface area contributed by atoms with E-state index in [4.69, 9.17) is 14.2 Å². The summed E-state index contributed by atoms with van der Waals surface area (Å²) in [5.74, 6) is -2.27. The molecule has 0 aromatic heterocycles. The fourth-order valence-electron chi connectivity index (χ4n) is 3.46. The molecule has 0 saturated carbocycles. The van der Waals surface area contributed by atoms with E-state index in [1.165, 1.54) is 6.07 Å². The summed E-state index contributed by atoms with van der Waals surface area (Å²) in [7, 11) is 0. The van der Waals surface area contributed by atoms with Crippen LogP contribution < -0.4 is 15.4 Å². The maximum Gasteiger partial charge on any atom is 0.407 e. The SMILES string of the molecule is O=C(NC1CCOc2c(C(=O)Nc3ccc(F)c(F)c3)cccc21)OC1CCOC1. The van der Waals surface area contributed by atoms with Gasteiger partial charge in [-0.3, -0.25) is 4.79 Å². The van der Waals surface area contributed by atoms with Crippen LogP contribution in [0.25, 0.3) is 0 Å². The number of amides is 2. The van der Waals surface area contributed by atoms with Gasteiger partial charge in [-0.15, -0.1) is 0 Å². The monoisotopic (exact) mass is 418 g/mol. The minimum atomic E-state index is -1.06. The summed E-state index contributed by atoms with van der Waals surface area (Å²) < 4.78 is 42.7. The summed E-state index contributed by atoms with van der Waals surface area (Å²) in [6, 6.07) is 7.69. The Morgan fingerprint density at radius 2 is 1.93 bits per heavy atom. The highest BCUT2D eigenvalue weighted by atomic mass is 19.2. The van der Waals surface area contributed by atoms with Gasteiger partial charge in [-0.05, 0) is 18.2 Å². The lowest BCUT2D eigenvalue weighted by atomic mass is 9.97. The number of fused-ring (bicyclic) bond motifs is 1. The molecule has 4 rings (SSSR count). The van der Waals surface area contributed by atoms with Gasteiger partial charge in [-0.2, -0.15) is 0 Å². The van der Waals surface area contributed by atoms with Crippen molar-refractivity contribution in [3.05, 3.63) is 59.2 Å². The summed E-state index contributed by atoms with van der Waals surface area (Å²) >= 11 is 0. The van der Waals surface area contributed by atoms with Crippen LogP contribution in [-0.2, 0) is 9.47 Å². The second kappa shape index (κ2) is 8.66. The minimum absolute atomic E-state index is 0.115. The lowest BCUT2D eigenvalue weighted by Gasteiger charge is -2.28. The van der Waals surface area contributed by atoms with E-state index in [1.54, 1.807) is 18.2 Å². The highest BCUT2D eigenvalue weighted by molar-refractivity contribution is 6.06. The van der Waals surface area contributed by atoms with E-state index in [-0.39, 0.29) is 23.4 Å². The molecule has 2 amide bonds. The number of ether oxygens (including phenoxy) is 3. The van der Waals surface area contributed by atoms with Crippen molar-refractivity contribution in [1.29, 1.82) is 0 Å². The Bertz CT molecular complexity index is 962. The topological polar surface area (TPSA) is 85.9 Å². The van der Waals surface area contributed by atoms with Gasteiger partial charge in [-0.25, -0.2) is 13.6 Å². The molecule has 1 fully saturated rings. The normalized spacial score (nSPS) is 20.1. The van der Waals surface area contributed by atoms with Crippen molar-refractivity contribution < 1.29 is 32.6 Å². The Morgan fingerprint density at radius 3 is 2.70 bits per heavy atom. The number of para-hydroxylation sites is 1. The molecule has 0 bridgehead atoms. The second-order valence-electron chi connectivity index (χ2n) is 7.03. The third kappa shape index (κ3) is 4.35. The van der Waals surface area contributed by atoms with E-state index >= 15 is 0 Å². The van der Waals surface area contributed by atoms with E-state index in [0.29, 0.717) is 44.0 Å². The molecular weight excluding hydrogens is 398 g/mol. The zero-order valence-electron chi connectivity index (χ0n) is 16.0. The quantitative estimate of drug-likeness (QED) is 0.793. The average molecular weight is 418 g/mol. The number of carbonyl (C=O) groups is 2. The first-order valence-corrected chi connectivity index (χ1v) is 9.58. The predicted molar refractivity (Wildman–Crippen MR) is 102 cm³/mol. The zero-order valence-corrected chi connectivity index (χ0v) is 16.0. The maximum atomic E-state index is 13.4. The third-order valence-corrected chi connectivity index (χ3v) is 4.95. The molecule has 30 heavy (non-hydrogen) atoms. The van der Waals surface area contributed by atoms with Crippen molar-refractivity contribution >= 4 is 17.7 Å². The van der Waals surface area contributed by atoms with Crippen LogP contribution in [0.4, 0.5) is 19.3 Å². The average Bonchev–Trinajstić information content (AvgIpc) is 3.23. The summed E-state index contributed by atoms with van der Waals surface area (Å²) in [5, 5.41) is 5.34. The molecule has 2 atom stereocenters. The number of rotatable bonds is 4. The Kier molecular flexibility index (Phi) is 5.80. The lowest BCUT2D eigenvalue weighted by Crippen LogP contribution is -2.35. The number of carbonyl (C=O) groups excluding carboxylic acids is 2. The van der Waals surface area contributed by atoms with Crippen LogP contribution in [0.2, 0.25) is 0 Å². The first kappa shape index (κ1) is 20.1. The van der Waals surface area contributed by atoms with Crippen LogP contribution >= 0.6 is 0 Å². The van der Waals surface area contributed by atoms with Crippen molar-refractivity contribution in [3.63, 3.8) is 0 Å². The van der Waals surface area contributed by atoms with Crippen molar-refractivity contribution in [2.75, 3.05) is 25.1 Å². The largest absolute Gasteiger partial charge is 0.492 e. The summed E-state index contributed by atoms with van der Waals surface area (Å²) in [6.45, 7) is 1.24. The standard InChI is InChI=1S/C21H20F2N2O5/c22-16-5-4-12(10-17(16)23)24-20(26)15-3-1-2-14-18(7-9-29-19(14)15)25-21(27)30-13-6-8-28-11-13/h1-5,10,13,18H,6-9,11H2,(H,24,26)(H,25,27). The van der Waals surface area contributed by atoms with Gasteiger partial charge in [0.15, 0.2) is 11.6 Å². The van der Waals surface area contributed by atoms with E-state index in [2.05, 4.69) is 10.6 Å². The van der Waals surface area contributed by atoms with Crippen LogP contribution in [-0.4, -0.2) is 37.9 Å². The van der Waals surface area contributed by atoms with E-state index in [1.807, 2.05) is 0 Å². The van der Waals surface area contributed by atoms with Gasteiger partial charge in [0, 0.05) is 30.2 Å². The van der Waals surface area contributed by atoms with Crippen LogP contribution in [0.3, 0.4) is 0 Å². The molecule has 2 N–H and O–H groups in total. The van der Waals surface area contributed by atoms with Gasteiger partial charge in [0.2, 0.25) is 0 Å². The maximum absolute atomic E-state index is 13.4. The smallest absolute Gasteiger partial charge is 0.407 e. The molecule has 2 aliphatic heterocycles. The molecule has 7 nitrogen and oxygen atoms in total. The Morgan fingerprint density at radius 1 is 1.07 bits per heavy atom. The first-order valence-electron chi connectivity index (χ1n) is 9.58. The minimum Gasteiger partial charge on any atom is -0.492 e. The molecule has 2 aliphatic rings. The number of benzene rings is 2. The number of nitrogens with one attached hydrogen (secondary N) is 2.